The number of para-hydroxylation sites is 1. The van der Waals surface area contributed by atoms with Crippen LogP contribution in [0.4, 0.5) is 13.2 Å². The van der Waals surface area contributed by atoms with E-state index in [1.807, 2.05) is 6.92 Å². The molecule has 3 rings (SSSR count). The molecule has 2 unspecified atom stereocenters. The highest BCUT2D eigenvalue weighted by Crippen LogP contribution is 2.29. The molecule has 0 spiro atoms. The fourth-order valence-electron chi connectivity index (χ4n) is 3.45. The predicted octanol–water partition coefficient (Wildman–Crippen LogP) is 3.91. The fourth-order valence-corrected chi connectivity index (χ4v) is 3.93. The minimum Gasteiger partial charge on any atom is -0.405 e. The van der Waals surface area contributed by atoms with Gasteiger partial charge in [-0.2, -0.15) is 8.42 Å². The number of halogens is 3. The number of alkyl halides is 3. The van der Waals surface area contributed by atoms with Gasteiger partial charge in [0, 0.05) is 31.1 Å². The Hall–Kier alpha value is -2.63. The van der Waals surface area contributed by atoms with E-state index in [4.69, 9.17) is 10.3 Å². The monoisotopic (exact) mass is 488 g/mol. The van der Waals surface area contributed by atoms with Crippen molar-refractivity contribution in [1.29, 1.82) is 0 Å². The zero-order valence-electron chi connectivity index (χ0n) is 18.2. The lowest BCUT2D eigenvalue weighted by Crippen LogP contribution is -2.32. The van der Waals surface area contributed by atoms with Crippen LogP contribution in [0.15, 0.2) is 53.4 Å². The number of carbonyl (C=O) groups is 1. The molecule has 2 aromatic carbocycles. The third-order valence-electron chi connectivity index (χ3n) is 5.12. The van der Waals surface area contributed by atoms with E-state index in [9.17, 15) is 26.4 Å². The summed E-state index contributed by atoms with van der Waals surface area (Å²) in [5.41, 5.74) is 7.07. The van der Waals surface area contributed by atoms with Crippen molar-refractivity contribution in [3.8, 4) is 5.75 Å². The zero-order valence-corrected chi connectivity index (χ0v) is 19.1. The molecule has 1 aliphatic carbocycles. The summed E-state index contributed by atoms with van der Waals surface area (Å²) < 4.78 is 70.7. The number of nitrogens with two attached hydrogens (primary N) is 1. The number of hydrogen-bond donors (Lipinski definition) is 2. The number of aryl methyl sites for hydroxylation is 1. The van der Waals surface area contributed by atoms with E-state index in [1.54, 1.807) is 25.2 Å². The van der Waals surface area contributed by atoms with Gasteiger partial charge in [0.2, 0.25) is 5.91 Å². The van der Waals surface area contributed by atoms with E-state index in [-0.39, 0.29) is 35.1 Å². The van der Waals surface area contributed by atoms with Crippen LogP contribution in [0.1, 0.15) is 30.4 Å². The van der Waals surface area contributed by atoms with E-state index in [0.29, 0.717) is 12.0 Å². The van der Waals surface area contributed by atoms with Crippen LogP contribution in [0.2, 0.25) is 0 Å². The van der Waals surface area contributed by atoms with Crippen LogP contribution in [0.25, 0.3) is 0 Å². The quantitative estimate of drug-likeness (QED) is 0.618. The lowest BCUT2D eigenvalue weighted by Gasteiger charge is -2.22. The molecule has 33 heavy (non-hydrogen) atoms. The number of nitrogens with zero attached hydrogens (tertiary/aromatic N) is 1. The standard InChI is InChI=1S/C15H19F3N2O2.C7H8O3S/c1-20(14(21)10-6-7-12(19)8-10)9-11-4-2-3-5-13(11)22-15(16,17)18;1-6-2-4-7(5-3-6)11(8,9)10/h2-5,10,12H,6-9,19H2,1H3;2-5H,1H3,(H,8,9,10). The van der Waals surface area contributed by atoms with Gasteiger partial charge in [-0.05, 0) is 44.4 Å². The molecule has 3 N–H and O–H groups in total. The normalized spacial score (nSPS) is 18.3. The van der Waals surface area contributed by atoms with Crippen molar-refractivity contribution in [3.63, 3.8) is 0 Å². The van der Waals surface area contributed by atoms with Crippen molar-refractivity contribution < 1.29 is 35.7 Å². The zero-order chi connectivity index (χ0) is 24.8. The van der Waals surface area contributed by atoms with E-state index in [2.05, 4.69) is 4.74 Å². The minimum absolute atomic E-state index is 0.0307. The van der Waals surface area contributed by atoms with Crippen molar-refractivity contribution in [2.75, 3.05) is 7.05 Å². The number of carbonyl (C=O) groups excluding carboxylic acids is 1. The molecule has 0 bridgehead atoms. The van der Waals surface area contributed by atoms with Crippen molar-refractivity contribution in [3.05, 3.63) is 59.7 Å². The van der Waals surface area contributed by atoms with Crippen LogP contribution in [0.5, 0.6) is 5.75 Å². The van der Waals surface area contributed by atoms with E-state index in [1.165, 1.54) is 35.2 Å². The maximum Gasteiger partial charge on any atom is 0.573 e. The number of amides is 1. The summed E-state index contributed by atoms with van der Waals surface area (Å²) in [6, 6.07) is 11.9. The maximum atomic E-state index is 12.4. The molecule has 1 aliphatic rings. The molecule has 182 valence electrons. The second-order valence-electron chi connectivity index (χ2n) is 7.91. The lowest BCUT2D eigenvalue weighted by atomic mass is 10.1. The molecular weight excluding hydrogens is 461 g/mol. The summed E-state index contributed by atoms with van der Waals surface area (Å²) >= 11 is 0. The third kappa shape index (κ3) is 8.67. The second-order valence-corrected chi connectivity index (χ2v) is 9.33. The van der Waals surface area contributed by atoms with Gasteiger partial charge in [0.15, 0.2) is 0 Å². The molecule has 0 aliphatic heterocycles. The van der Waals surface area contributed by atoms with Gasteiger partial charge in [-0.1, -0.05) is 35.9 Å². The highest BCUT2D eigenvalue weighted by molar-refractivity contribution is 7.85. The first-order valence-electron chi connectivity index (χ1n) is 10.1. The maximum absolute atomic E-state index is 12.4. The van der Waals surface area contributed by atoms with Gasteiger partial charge >= 0.3 is 6.36 Å². The first-order chi connectivity index (χ1) is 15.3. The molecule has 11 heteroatoms. The predicted molar refractivity (Wildman–Crippen MR) is 116 cm³/mol. The molecule has 1 fully saturated rings. The Bertz CT molecular complexity index is 1040. The van der Waals surface area contributed by atoms with Crippen LogP contribution in [0.3, 0.4) is 0 Å². The summed E-state index contributed by atoms with van der Waals surface area (Å²) in [5, 5.41) is 0. The fraction of sp³-hybridized carbons (Fsp3) is 0.409. The minimum atomic E-state index is -4.75. The van der Waals surface area contributed by atoms with Crippen LogP contribution in [0, 0.1) is 12.8 Å². The second kappa shape index (κ2) is 11.0. The van der Waals surface area contributed by atoms with Crippen molar-refractivity contribution in [2.45, 2.75) is 50.0 Å². The first-order valence-corrected chi connectivity index (χ1v) is 11.6. The third-order valence-corrected chi connectivity index (χ3v) is 5.99. The van der Waals surface area contributed by atoms with Crippen molar-refractivity contribution >= 4 is 16.0 Å². The highest BCUT2D eigenvalue weighted by atomic mass is 32.2. The van der Waals surface area contributed by atoms with Gasteiger partial charge in [0.05, 0.1) is 4.90 Å². The smallest absolute Gasteiger partial charge is 0.405 e. The average Bonchev–Trinajstić information content (AvgIpc) is 3.14. The Morgan fingerprint density at radius 1 is 1.15 bits per heavy atom. The Kier molecular flexibility index (Phi) is 8.87. The van der Waals surface area contributed by atoms with Gasteiger partial charge in [0.25, 0.3) is 10.1 Å². The van der Waals surface area contributed by atoms with Gasteiger partial charge in [-0.3, -0.25) is 9.35 Å². The molecule has 0 heterocycles. The SMILES string of the molecule is CN(Cc1ccccc1OC(F)(F)F)C(=O)C1CCC(N)C1.Cc1ccc(S(=O)(=O)O)cc1. The lowest BCUT2D eigenvalue weighted by molar-refractivity contribution is -0.275. The van der Waals surface area contributed by atoms with Gasteiger partial charge in [-0.25, -0.2) is 0 Å². The Balaban J connectivity index is 0.000000294. The van der Waals surface area contributed by atoms with E-state index < -0.39 is 16.5 Å². The Labute approximate surface area is 191 Å². The molecule has 0 radical (unpaired) electrons. The van der Waals surface area contributed by atoms with E-state index in [0.717, 1.165) is 18.4 Å². The van der Waals surface area contributed by atoms with Crippen molar-refractivity contribution in [2.24, 2.45) is 11.7 Å². The number of benzene rings is 2. The number of ether oxygens (including phenoxy) is 1. The van der Waals surface area contributed by atoms with Crippen LogP contribution in [-0.2, 0) is 21.5 Å². The molecule has 7 nitrogen and oxygen atoms in total. The molecule has 2 atom stereocenters. The highest BCUT2D eigenvalue weighted by Gasteiger charge is 2.33. The van der Waals surface area contributed by atoms with E-state index >= 15 is 0 Å². The van der Waals surface area contributed by atoms with Crippen molar-refractivity contribution in [1.82, 2.24) is 4.90 Å². The van der Waals surface area contributed by atoms with Gasteiger partial charge < -0.3 is 15.4 Å². The largest absolute Gasteiger partial charge is 0.573 e. The summed E-state index contributed by atoms with van der Waals surface area (Å²) in [6.45, 7) is 1.91. The van der Waals surface area contributed by atoms with Gasteiger partial charge in [0.1, 0.15) is 5.75 Å². The summed E-state index contributed by atoms with van der Waals surface area (Å²) in [5.74, 6) is -0.511. The van der Waals surface area contributed by atoms with Crippen LogP contribution in [-0.4, -0.2) is 43.2 Å². The topological polar surface area (TPSA) is 110 Å². The Morgan fingerprint density at radius 2 is 1.76 bits per heavy atom. The summed E-state index contributed by atoms with van der Waals surface area (Å²) in [4.78, 5) is 13.7. The summed E-state index contributed by atoms with van der Waals surface area (Å²) in [7, 11) is -2.44. The molecule has 2 aromatic rings. The first kappa shape index (κ1) is 26.6. The Morgan fingerprint density at radius 3 is 2.27 bits per heavy atom. The van der Waals surface area contributed by atoms with Crippen LogP contribution < -0.4 is 10.5 Å². The molecule has 0 aromatic heterocycles. The molecular formula is C22H27F3N2O5S. The molecule has 0 saturated heterocycles. The number of hydrogen-bond acceptors (Lipinski definition) is 5. The summed E-state index contributed by atoms with van der Waals surface area (Å²) in [6.07, 6.45) is -2.59. The molecule has 1 amide bonds. The number of rotatable bonds is 5. The van der Waals surface area contributed by atoms with Gasteiger partial charge in [-0.15, -0.1) is 13.2 Å². The average molecular weight is 489 g/mol. The van der Waals surface area contributed by atoms with Crippen LogP contribution >= 0.6 is 0 Å². The molecule has 1 saturated carbocycles.